The van der Waals surface area contributed by atoms with Crippen LogP contribution in [0, 0.1) is 23.3 Å². The Morgan fingerprint density at radius 1 is 0.848 bits per heavy atom. The minimum absolute atomic E-state index is 0.159. The van der Waals surface area contributed by atoms with Crippen LogP contribution in [0.1, 0.15) is 34.6 Å². The molecular weight excluding hydrogens is 440 g/mol. The maximum absolute atomic E-state index is 11.1. The van der Waals surface area contributed by atoms with E-state index in [0.29, 0.717) is 0 Å². The Bertz CT molecular complexity index is 881. The molecule has 0 radical (unpaired) electrons. The summed E-state index contributed by atoms with van der Waals surface area (Å²) in [5.41, 5.74) is 3.34. The topological polar surface area (TPSA) is 49.7 Å². The van der Waals surface area contributed by atoms with Crippen molar-refractivity contribution in [2.75, 3.05) is 6.61 Å². The Kier molecular flexibility index (Phi) is 9.32. The molecule has 0 heterocycles. The summed E-state index contributed by atoms with van der Waals surface area (Å²) in [5.74, 6) is 2.67. The molecule has 2 aromatic carbocycles. The van der Waals surface area contributed by atoms with Crippen LogP contribution in [0.5, 0.6) is 0 Å². The Labute approximate surface area is 203 Å². The normalized spacial score (nSPS) is 16.3. The highest BCUT2D eigenvalue weighted by molar-refractivity contribution is 6.99. The number of aliphatic hydroxyl groups is 2. The van der Waals surface area contributed by atoms with E-state index in [9.17, 15) is 10.2 Å². The third kappa shape index (κ3) is 6.91. The molecule has 0 fully saturated rings. The van der Waals surface area contributed by atoms with Gasteiger partial charge in [-0.3, -0.25) is 0 Å². The third-order valence-corrected chi connectivity index (χ3v) is 12.1. The van der Waals surface area contributed by atoms with Gasteiger partial charge in [0.25, 0.3) is 8.32 Å². The van der Waals surface area contributed by atoms with E-state index in [1.807, 2.05) is 26.0 Å². The molecule has 0 bridgehead atoms. The van der Waals surface area contributed by atoms with Crippen LogP contribution in [0.4, 0.5) is 0 Å². The van der Waals surface area contributed by atoms with Crippen LogP contribution in [0.2, 0.25) is 24.7 Å². The molecule has 2 N–H and O–H groups in total. The van der Waals surface area contributed by atoms with Crippen LogP contribution in [0.15, 0.2) is 60.7 Å². The summed E-state index contributed by atoms with van der Waals surface area (Å²) in [6.07, 6.45) is -1.51. The lowest BCUT2D eigenvalue weighted by Crippen LogP contribution is -2.67. The average molecular weight is 483 g/mol. The summed E-state index contributed by atoms with van der Waals surface area (Å²) in [6.45, 7) is 17.2. The van der Waals surface area contributed by atoms with Gasteiger partial charge in [0, 0.05) is 11.8 Å². The maximum atomic E-state index is 11.1. The van der Waals surface area contributed by atoms with E-state index in [2.05, 4.69) is 100 Å². The average Bonchev–Trinajstić information content (AvgIpc) is 2.76. The zero-order valence-electron chi connectivity index (χ0n) is 21.6. The predicted octanol–water partition coefficient (Wildman–Crippen LogP) is 4.44. The molecule has 4 atom stereocenters. The van der Waals surface area contributed by atoms with Gasteiger partial charge in [0.05, 0.1) is 18.8 Å². The van der Waals surface area contributed by atoms with Crippen LogP contribution in [0.25, 0.3) is 0 Å². The molecule has 0 spiro atoms. The van der Waals surface area contributed by atoms with Crippen molar-refractivity contribution in [3.63, 3.8) is 0 Å². The van der Waals surface area contributed by atoms with Crippen molar-refractivity contribution in [3.8, 4) is 11.5 Å². The molecule has 2 aromatic rings. The summed E-state index contributed by atoms with van der Waals surface area (Å²) in [5, 5.41) is 24.2. The number of benzene rings is 2. The summed E-state index contributed by atoms with van der Waals surface area (Å²) in [7, 11) is -4.24. The first-order valence-electron chi connectivity index (χ1n) is 11.9. The molecule has 0 aliphatic heterocycles. The monoisotopic (exact) mass is 482 g/mol. The first-order valence-corrected chi connectivity index (χ1v) is 17.3. The highest BCUT2D eigenvalue weighted by Gasteiger charge is 2.50. The minimum atomic E-state index is -2.72. The fourth-order valence-electron chi connectivity index (χ4n) is 4.22. The number of hydrogen-bond acceptors (Lipinski definition) is 3. The van der Waals surface area contributed by atoms with Gasteiger partial charge >= 0.3 is 0 Å². The van der Waals surface area contributed by atoms with Crippen molar-refractivity contribution in [1.82, 2.24) is 0 Å². The molecule has 0 aliphatic carbocycles. The van der Waals surface area contributed by atoms with Crippen LogP contribution in [0.3, 0.4) is 0 Å². The summed E-state index contributed by atoms with van der Waals surface area (Å²) >= 11 is 0. The van der Waals surface area contributed by atoms with Gasteiger partial charge in [-0.05, 0) is 22.3 Å². The van der Waals surface area contributed by atoms with Gasteiger partial charge in [0.1, 0.15) is 8.07 Å². The Hall–Kier alpha value is -1.69. The van der Waals surface area contributed by atoms with Gasteiger partial charge in [-0.1, -0.05) is 108 Å². The highest BCUT2D eigenvalue weighted by atomic mass is 28.4. The molecule has 0 aliphatic rings. The molecule has 0 amide bonds. The largest absolute Gasteiger partial charge is 0.405 e. The smallest absolute Gasteiger partial charge is 0.261 e. The lowest BCUT2D eigenvalue weighted by Gasteiger charge is -2.44. The van der Waals surface area contributed by atoms with Crippen LogP contribution < -0.4 is 10.4 Å². The Balaban J connectivity index is 2.33. The van der Waals surface area contributed by atoms with Crippen LogP contribution >= 0.6 is 0 Å². The molecular formula is C28H42O3Si2. The van der Waals surface area contributed by atoms with Gasteiger partial charge in [-0.15, -0.1) is 11.5 Å². The van der Waals surface area contributed by atoms with Gasteiger partial charge in [0.15, 0.2) is 0 Å². The second-order valence-electron chi connectivity index (χ2n) is 11.2. The molecule has 0 aromatic heterocycles. The summed E-state index contributed by atoms with van der Waals surface area (Å²) < 4.78 is 6.84. The van der Waals surface area contributed by atoms with Crippen molar-refractivity contribution >= 4 is 26.8 Å². The van der Waals surface area contributed by atoms with Crippen LogP contribution in [-0.4, -0.2) is 45.4 Å². The molecule has 0 saturated carbocycles. The van der Waals surface area contributed by atoms with Gasteiger partial charge in [-0.2, -0.15) is 0 Å². The molecule has 2 rings (SSSR count). The molecule has 33 heavy (non-hydrogen) atoms. The van der Waals surface area contributed by atoms with E-state index in [0.717, 1.165) is 0 Å². The Morgan fingerprint density at radius 2 is 1.30 bits per heavy atom. The molecule has 180 valence electrons. The van der Waals surface area contributed by atoms with Crippen molar-refractivity contribution in [2.24, 2.45) is 11.8 Å². The Morgan fingerprint density at radius 3 is 1.70 bits per heavy atom. The zero-order valence-corrected chi connectivity index (χ0v) is 23.6. The van der Waals surface area contributed by atoms with E-state index >= 15 is 0 Å². The number of hydrogen-bond donors (Lipinski definition) is 2. The SMILES string of the molecule is C[C@H]([C@@H](O)[C@@H](C)C#C[Si](C)(C)C)[C@@H](O)CO[Si](c1ccccc1)(c1ccccc1)C(C)(C)C. The second kappa shape index (κ2) is 11.2. The number of rotatable bonds is 8. The second-order valence-corrected chi connectivity index (χ2v) is 20.3. The first kappa shape index (κ1) is 27.6. The van der Waals surface area contributed by atoms with E-state index in [1.165, 1.54) is 10.4 Å². The lowest BCUT2D eigenvalue weighted by molar-refractivity contribution is -0.0161. The van der Waals surface area contributed by atoms with Crippen molar-refractivity contribution in [2.45, 2.75) is 71.5 Å². The van der Waals surface area contributed by atoms with Gasteiger partial charge in [-0.25, -0.2) is 0 Å². The van der Waals surface area contributed by atoms with E-state index in [4.69, 9.17) is 4.43 Å². The maximum Gasteiger partial charge on any atom is 0.261 e. The standard InChI is InChI=1S/C28H42O3Si2/c1-22(19-20-32(6,7)8)27(30)23(2)26(29)21-31-33(28(3,4)5,24-15-11-9-12-16-24)25-17-13-10-14-18-25/h9-18,22-23,26-27,29-30H,21H2,1-8H3/t22-,23-,26-,27-/m0/s1. The third-order valence-electron chi connectivity index (χ3n) is 6.22. The molecule has 0 saturated heterocycles. The molecule has 0 unspecified atom stereocenters. The highest BCUT2D eigenvalue weighted by Crippen LogP contribution is 2.37. The lowest BCUT2D eigenvalue weighted by atomic mass is 9.90. The van der Waals surface area contributed by atoms with Crippen LogP contribution in [-0.2, 0) is 4.43 Å². The predicted molar refractivity (Wildman–Crippen MR) is 145 cm³/mol. The first-order chi connectivity index (χ1) is 15.3. The fraction of sp³-hybridized carbons (Fsp3) is 0.500. The summed E-state index contributed by atoms with van der Waals surface area (Å²) in [6, 6.07) is 20.8. The quantitative estimate of drug-likeness (QED) is 0.432. The summed E-state index contributed by atoms with van der Waals surface area (Å²) in [4.78, 5) is 0. The van der Waals surface area contributed by atoms with Crippen molar-refractivity contribution in [1.29, 1.82) is 0 Å². The van der Waals surface area contributed by atoms with E-state index < -0.39 is 28.6 Å². The fourth-order valence-corrected chi connectivity index (χ4v) is 9.46. The van der Waals surface area contributed by atoms with Crippen molar-refractivity contribution < 1.29 is 14.6 Å². The van der Waals surface area contributed by atoms with E-state index in [1.54, 1.807) is 0 Å². The van der Waals surface area contributed by atoms with Crippen molar-refractivity contribution in [3.05, 3.63) is 60.7 Å². The van der Waals surface area contributed by atoms with Gasteiger partial charge in [0.2, 0.25) is 0 Å². The molecule has 5 heteroatoms. The zero-order chi connectivity index (χ0) is 24.9. The minimum Gasteiger partial charge on any atom is -0.405 e. The van der Waals surface area contributed by atoms with E-state index in [-0.39, 0.29) is 23.5 Å². The van der Waals surface area contributed by atoms with Gasteiger partial charge < -0.3 is 14.6 Å². The molecule has 3 nitrogen and oxygen atoms in total. The number of aliphatic hydroxyl groups excluding tert-OH is 2.